The van der Waals surface area contributed by atoms with Crippen LogP contribution in [0.15, 0.2) is 36.4 Å². The highest BCUT2D eigenvalue weighted by Gasteiger charge is 2.15. The predicted octanol–water partition coefficient (Wildman–Crippen LogP) is 2.39. The van der Waals surface area contributed by atoms with Crippen LogP contribution in [-0.2, 0) is 11.2 Å². The summed E-state index contributed by atoms with van der Waals surface area (Å²) >= 11 is 4.90. The molecule has 0 bridgehead atoms. The van der Waals surface area contributed by atoms with Crippen molar-refractivity contribution >= 4 is 28.8 Å². The molecular formula is C15H13N3O2S. The van der Waals surface area contributed by atoms with Crippen LogP contribution in [0.4, 0.5) is 5.69 Å². The number of amides is 1. The number of fused-ring (bicyclic) bond motifs is 1. The Kier molecular flexibility index (Phi) is 3.53. The Hall–Kier alpha value is -2.47. The van der Waals surface area contributed by atoms with E-state index < -0.39 is 0 Å². The van der Waals surface area contributed by atoms with Crippen LogP contribution in [-0.4, -0.2) is 15.9 Å². The van der Waals surface area contributed by atoms with Gasteiger partial charge in [-0.2, -0.15) is 0 Å². The molecule has 1 amide bonds. The lowest BCUT2D eigenvalue weighted by atomic mass is 10.0. The van der Waals surface area contributed by atoms with Gasteiger partial charge in [0, 0.05) is 18.2 Å². The summed E-state index contributed by atoms with van der Waals surface area (Å²) in [7, 11) is 0. The van der Waals surface area contributed by atoms with Crippen molar-refractivity contribution in [1.82, 2.24) is 4.98 Å². The summed E-state index contributed by atoms with van der Waals surface area (Å²) in [5, 5.41) is 2.83. The number of benzene rings is 1. The summed E-state index contributed by atoms with van der Waals surface area (Å²) in [5.41, 5.74) is 7.96. The molecule has 1 aromatic heterocycles. The maximum absolute atomic E-state index is 11.3. The van der Waals surface area contributed by atoms with Crippen LogP contribution in [0.5, 0.6) is 11.6 Å². The molecule has 0 spiro atoms. The van der Waals surface area contributed by atoms with Crippen molar-refractivity contribution in [2.75, 3.05) is 5.32 Å². The van der Waals surface area contributed by atoms with Crippen molar-refractivity contribution in [2.45, 2.75) is 12.8 Å². The minimum atomic E-state index is 0.0435. The topological polar surface area (TPSA) is 77.2 Å². The first-order chi connectivity index (χ1) is 10.1. The first-order valence-corrected chi connectivity index (χ1v) is 6.90. The average molecular weight is 299 g/mol. The van der Waals surface area contributed by atoms with Gasteiger partial charge in [0.15, 0.2) is 0 Å². The van der Waals surface area contributed by atoms with Crippen LogP contribution >= 0.6 is 12.2 Å². The highest BCUT2D eigenvalue weighted by molar-refractivity contribution is 7.80. The normalized spacial score (nSPS) is 13.2. The van der Waals surface area contributed by atoms with E-state index in [4.69, 9.17) is 22.7 Å². The Morgan fingerprint density at radius 3 is 2.95 bits per heavy atom. The molecule has 2 heterocycles. The lowest BCUT2D eigenvalue weighted by Crippen LogP contribution is -2.18. The molecule has 2 aromatic rings. The second-order valence-electron chi connectivity index (χ2n) is 4.69. The maximum atomic E-state index is 11.3. The van der Waals surface area contributed by atoms with Gasteiger partial charge in [-0.15, -0.1) is 0 Å². The largest absolute Gasteiger partial charge is 0.439 e. The van der Waals surface area contributed by atoms with E-state index in [0.29, 0.717) is 30.2 Å². The summed E-state index contributed by atoms with van der Waals surface area (Å²) in [6, 6.07) is 10.8. The number of rotatable bonds is 3. The minimum absolute atomic E-state index is 0.0435. The molecule has 0 saturated carbocycles. The van der Waals surface area contributed by atoms with Crippen LogP contribution in [0, 0.1) is 0 Å². The van der Waals surface area contributed by atoms with Gasteiger partial charge >= 0.3 is 0 Å². The average Bonchev–Trinajstić information content (AvgIpc) is 2.48. The molecule has 0 atom stereocenters. The Labute approximate surface area is 127 Å². The molecule has 3 N–H and O–H groups in total. The highest BCUT2D eigenvalue weighted by Crippen LogP contribution is 2.29. The van der Waals surface area contributed by atoms with Gasteiger partial charge in [0.05, 0.1) is 0 Å². The first-order valence-electron chi connectivity index (χ1n) is 6.49. The Balaban J connectivity index is 1.84. The van der Waals surface area contributed by atoms with Crippen LogP contribution in [0.2, 0.25) is 0 Å². The number of ether oxygens (including phenoxy) is 1. The quantitative estimate of drug-likeness (QED) is 0.851. The molecule has 0 radical (unpaired) electrons. The molecule has 6 heteroatoms. The molecule has 1 aliphatic heterocycles. The summed E-state index contributed by atoms with van der Waals surface area (Å²) in [6.07, 6.45) is 1.20. The Bertz CT molecular complexity index is 731. The van der Waals surface area contributed by atoms with Gasteiger partial charge in [-0.25, -0.2) is 4.98 Å². The molecular weight excluding hydrogens is 286 g/mol. The third kappa shape index (κ3) is 3.00. The van der Waals surface area contributed by atoms with Gasteiger partial charge in [0.2, 0.25) is 11.8 Å². The van der Waals surface area contributed by atoms with Crippen molar-refractivity contribution in [3.05, 3.63) is 47.7 Å². The molecule has 1 aliphatic rings. The van der Waals surface area contributed by atoms with E-state index in [1.165, 1.54) is 0 Å². The lowest BCUT2D eigenvalue weighted by Gasteiger charge is -2.17. The highest BCUT2D eigenvalue weighted by atomic mass is 32.1. The van der Waals surface area contributed by atoms with Crippen molar-refractivity contribution in [3.8, 4) is 11.6 Å². The third-order valence-corrected chi connectivity index (χ3v) is 3.38. The van der Waals surface area contributed by atoms with E-state index in [1.807, 2.05) is 12.1 Å². The number of carbonyl (C=O) groups excluding carboxylic acids is 1. The van der Waals surface area contributed by atoms with Crippen LogP contribution in [0.25, 0.3) is 0 Å². The van der Waals surface area contributed by atoms with Crippen LogP contribution in [0.3, 0.4) is 0 Å². The van der Waals surface area contributed by atoms with Gasteiger partial charge < -0.3 is 15.8 Å². The number of carbonyl (C=O) groups is 1. The fraction of sp³-hybridized carbons (Fsp3) is 0.133. The summed E-state index contributed by atoms with van der Waals surface area (Å²) < 4.78 is 5.72. The van der Waals surface area contributed by atoms with Gasteiger partial charge in [-0.1, -0.05) is 18.3 Å². The van der Waals surface area contributed by atoms with E-state index in [9.17, 15) is 4.79 Å². The summed E-state index contributed by atoms with van der Waals surface area (Å²) in [5.74, 6) is 1.14. The SMILES string of the molecule is NC(=S)c1cccc(Oc2ccc3c(c2)CCC(=O)N3)n1. The van der Waals surface area contributed by atoms with E-state index in [2.05, 4.69) is 10.3 Å². The fourth-order valence-corrected chi connectivity index (χ4v) is 2.27. The molecule has 1 aromatic carbocycles. The molecule has 3 rings (SSSR count). The number of pyridine rings is 1. The van der Waals surface area contributed by atoms with E-state index >= 15 is 0 Å². The number of aromatic nitrogens is 1. The number of aryl methyl sites for hydroxylation is 1. The number of nitrogens with one attached hydrogen (secondary N) is 1. The van der Waals surface area contributed by atoms with E-state index in [1.54, 1.807) is 24.3 Å². The van der Waals surface area contributed by atoms with Crippen molar-refractivity contribution in [1.29, 1.82) is 0 Å². The molecule has 0 aliphatic carbocycles. The van der Waals surface area contributed by atoms with Crippen molar-refractivity contribution in [2.24, 2.45) is 5.73 Å². The number of nitrogens with zero attached hydrogens (tertiary/aromatic N) is 1. The number of hydrogen-bond acceptors (Lipinski definition) is 4. The van der Waals surface area contributed by atoms with Crippen molar-refractivity contribution in [3.63, 3.8) is 0 Å². The Morgan fingerprint density at radius 1 is 1.29 bits per heavy atom. The second-order valence-corrected chi connectivity index (χ2v) is 5.13. The molecule has 5 nitrogen and oxygen atoms in total. The standard InChI is InChI=1S/C15H13N3O2S/c16-15(21)12-2-1-3-14(18-12)20-10-5-6-11-9(8-10)4-7-13(19)17-11/h1-3,5-6,8H,4,7H2,(H2,16,21)(H,17,19). The third-order valence-electron chi connectivity index (χ3n) is 3.17. The lowest BCUT2D eigenvalue weighted by molar-refractivity contribution is -0.116. The fourth-order valence-electron chi connectivity index (χ4n) is 2.15. The second kappa shape index (κ2) is 5.49. The van der Waals surface area contributed by atoms with Gasteiger partial charge in [0.25, 0.3) is 0 Å². The number of nitrogens with two attached hydrogens (primary N) is 1. The maximum Gasteiger partial charge on any atom is 0.224 e. The van der Waals surface area contributed by atoms with Crippen molar-refractivity contribution < 1.29 is 9.53 Å². The zero-order valence-electron chi connectivity index (χ0n) is 11.1. The zero-order valence-corrected chi connectivity index (χ0v) is 11.9. The first kappa shape index (κ1) is 13.5. The number of thiocarbonyl (C=S) groups is 1. The molecule has 21 heavy (non-hydrogen) atoms. The van der Waals surface area contributed by atoms with Gasteiger partial charge in [-0.3, -0.25) is 4.79 Å². The minimum Gasteiger partial charge on any atom is -0.439 e. The molecule has 0 fully saturated rings. The molecule has 0 unspecified atom stereocenters. The molecule has 106 valence electrons. The predicted molar refractivity (Wildman–Crippen MR) is 83.6 cm³/mol. The zero-order chi connectivity index (χ0) is 14.8. The van der Waals surface area contributed by atoms with E-state index in [0.717, 1.165) is 11.3 Å². The van der Waals surface area contributed by atoms with Crippen LogP contribution in [0.1, 0.15) is 17.7 Å². The van der Waals surface area contributed by atoms with Gasteiger partial charge in [-0.05, 0) is 36.2 Å². The van der Waals surface area contributed by atoms with Gasteiger partial charge in [0.1, 0.15) is 16.4 Å². The summed E-state index contributed by atoms with van der Waals surface area (Å²) in [4.78, 5) is 15.8. The van der Waals surface area contributed by atoms with Crippen LogP contribution < -0.4 is 15.8 Å². The number of anilines is 1. The summed E-state index contributed by atoms with van der Waals surface area (Å²) in [6.45, 7) is 0. The monoisotopic (exact) mass is 299 g/mol. The van der Waals surface area contributed by atoms with E-state index in [-0.39, 0.29) is 10.9 Å². The molecule has 0 saturated heterocycles. The number of hydrogen-bond donors (Lipinski definition) is 2. The Morgan fingerprint density at radius 2 is 2.14 bits per heavy atom. The smallest absolute Gasteiger partial charge is 0.224 e.